The van der Waals surface area contributed by atoms with Crippen LogP contribution in [0.4, 0.5) is 0 Å². The van der Waals surface area contributed by atoms with E-state index in [2.05, 4.69) is 0 Å². The predicted octanol–water partition coefficient (Wildman–Crippen LogP) is -5.90. The minimum Gasteiger partial charge on any atom is -1.00 e. The third-order valence-corrected chi connectivity index (χ3v) is 0. The van der Waals surface area contributed by atoms with Crippen molar-refractivity contribution in [1.29, 1.82) is 0 Å². The van der Waals surface area contributed by atoms with Crippen molar-refractivity contribution in [2.75, 3.05) is 0 Å². The van der Waals surface area contributed by atoms with E-state index in [9.17, 15) is 0 Å². The molecule has 8 heteroatoms. The summed E-state index contributed by atoms with van der Waals surface area (Å²) in [7, 11) is -4.67. The standard InChI is InChI=1S/2Al.K.H2O4S.7H/c;;;1-5(2,3)4;;;;;;;/h;;;(H2,1,2,3,4);;;;;;;/q;;+1;;;;;;;;-1. The Kier molecular flexibility index (Phi) is 26.8. The van der Waals surface area contributed by atoms with E-state index in [0.29, 0.717) is 0 Å². The van der Waals surface area contributed by atoms with Gasteiger partial charge >= 0.3 is 61.8 Å². The molecule has 0 atom stereocenters. The van der Waals surface area contributed by atoms with Crippen molar-refractivity contribution in [3.63, 3.8) is 0 Å². The summed E-state index contributed by atoms with van der Waals surface area (Å²) in [5, 5.41) is 0. The van der Waals surface area contributed by atoms with E-state index in [4.69, 9.17) is 17.5 Å². The van der Waals surface area contributed by atoms with Gasteiger partial charge in [-0.1, -0.05) is 0 Å². The second kappa shape index (κ2) is 9.57. The molecule has 0 aliphatic carbocycles. The second-order valence-corrected chi connectivity index (χ2v) is 1.34. The summed E-state index contributed by atoms with van der Waals surface area (Å²) in [5.41, 5.74) is 0. The Morgan fingerprint density at radius 3 is 1.12 bits per heavy atom. The Balaban J connectivity index is -0.0000000133. The van der Waals surface area contributed by atoms with Crippen molar-refractivity contribution < 1.29 is 70.3 Å². The van der Waals surface area contributed by atoms with Gasteiger partial charge in [0.15, 0.2) is 34.7 Å². The Labute approximate surface area is 113 Å². The molecule has 4 nitrogen and oxygen atoms in total. The Morgan fingerprint density at radius 2 is 1.12 bits per heavy atom. The first-order chi connectivity index (χ1) is 2.00. The molecule has 0 spiro atoms. The molecular weight excluding hydrogens is 189 g/mol. The smallest absolute Gasteiger partial charge is 1.00 e. The third-order valence-electron chi connectivity index (χ3n) is 0. The molecule has 0 heterocycles. The van der Waals surface area contributed by atoms with Crippen LogP contribution in [-0.4, -0.2) is 52.2 Å². The van der Waals surface area contributed by atoms with Gasteiger partial charge in [0, 0.05) is 0 Å². The van der Waals surface area contributed by atoms with Crippen molar-refractivity contribution in [2.45, 2.75) is 0 Å². The van der Waals surface area contributed by atoms with Crippen molar-refractivity contribution in [2.24, 2.45) is 0 Å². The molecule has 8 heavy (non-hydrogen) atoms. The Hall–Kier alpha value is 2.57. The van der Waals surface area contributed by atoms with Crippen LogP contribution in [0.5, 0.6) is 0 Å². The fourth-order valence-corrected chi connectivity index (χ4v) is 0. The van der Waals surface area contributed by atoms with Gasteiger partial charge in [-0.3, -0.25) is 9.11 Å². The summed E-state index contributed by atoms with van der Waals surface area (Å²) in [5.74, 6) is 0. The van der Waals surface area contributed by atoms with Gasteiger partial charge in [0.05, 0.1) is 0 Å². The zero-order valence-electron chi connectivity index (χ0n) is 4.12. The first-order valence-electron chi connectivity index (χ1n) is 0.698. The predicted molar refractivity (Wildman–Crippen MR) is 35.2 cm³/mol. The number of hydrogen-bond acceptors (Lipinski definition) is 2. The van der Waals surface area contributed by atoms with E-state index in [-0.39, 0.29) is 87.5 Å². The van der Waals surface area contributed by atoms with Crippen LogP contribution in [-0.2, 0) is 10.4 Å². The van der Waals surface area contributed by atoms with E-state index in [1.165, 1.54) is 0 Å². The monoisotopic (exact) mass is 198 g/mol. The van der Waals surface area contributed by atoms with Crippen LogP contribution in [0.3, 0.4) is 0 Å². The molecule has 0 saturated carbocycles. The molecule has 0 aromatic carbocycles. The van der Waals surface area contributed by atoms with Gasteiger partial charge < -0.3 is 1.43 Å². The first-order valence-corrected chi connectivity index (χ1v) is 2.10. The maximum absolute atomic E-state index is 8.74. The summed E-state index contributed by atoms with van der Waals surface area (Å²) in [6, 6.07) is 0. The maximum Gasteiger partial charge on any atom is 1.00 e. The molecule has 0 amide bonds. The van der Waals surface area contributed by atoms with Crippen molar-refractivity contribution in [3.8, 4) is 0 Å². The van der Waals surface area contributed by atoms with Crippen LogP contribution < -0.4 is 51.4 Å². The van der Waals surface area contributed by atoms with E-state index in [0.717, 1.165) is 0 Å². The minimum atomic E-state index is -4.67. The maximum atomic E-state index is 8.74. The van der Waals surface area contributed by atoms with Gasteiger partial charge in [-0.25, -0.2) is 0 Å². The van der Waals surface area contributed by atoms with Crippen LogP contribution in [0, 0.1) is 0 Å². The molecule has 0 saturated heterocycles. The van der Waals surface area contributed by atoms with Gasteiger partial charge in [-0.05, 0) is 0 Å². The Bertz CT molecular complexity index is 102. The fourth-order valence-electron chi connectivity index (χ4n) is 0. The second-order valence-electron chi connectivity index (χ2n) is 0.448. The normalized spacial score (nSPS) is 7.25. The topological polar surface area (TPSA) is 74.6 Å². The molecule has 0 aliphatic rings. The van der Waals surface area contributed by atoms with Gasteiger partial charge in [-0.2, -0.15) is 8.42 Å². The summed E-state index contributed by atoms with van der Waals surface area (Å²) in [6.45, 7) is 0. The zero-order chi connectivity index (χ0) is 4.50. The van der Waals surface area contributed by atoms with Crippen molar-refractivity contribution in [1.82, 2.24) is 0 Å². The van der Waals surface area contributed by atoms with E-state index in [1.54, 1.807) is 0 Å². The molecule has 0 fully saturated rings. The van der Waals surface area contributed by atoms with Gasteiger partial charge in [0.2, 0.25) is 0 Å². The average molecular weight is 198 g/mol. The summed E-state index contributed by atoms with van der Waals surface area (Å²) in [4.78, 5) is 0. The fraction of sp³-hybridized carbons (Fsp3) is 0. The molecule has 0 bridgehead atoms. The molecule has 46 valence electrons. The molecule has 0 unspecified atom stereocenters. The third kappa shape index (κ3) is 74.3. The molecule has 0 rings (SSSR count). The van der Waals surface area contributed by atoms with Crippen LogP contribution in [0.1, 0.15) is 1.43 Å². The first kappa shape index (κ1) is 22.4. The summed E-state index contributed by atoms with van der Waals surface area (Å²) < 4.78 is 31.6. The molecule has 2 N–H and O–H groups in total. The van der Waals surface area contributed by atoms with E-state index in [1.807, 2.05) is 0 Å². The Morgan fingerprint density at radius 1 is 1.12 bits per heavy atom. The molecule has 0 aromatic heterocycles. The van der Waals surface area contributed by atoms with Crippen LogP contribution in [0.2, 0.25) is 0 Å². The quantitative estimate of drug-likeness (QED) is 0.300. The zero-order valence-corrected chi connectivity index (χ0v) is 7.06. The summed E-state index contributed by atoms with van der Waals surface area (Å²) >= 11 is 0. The van der Waals surface area contributed by atoms with Crippen LogP contribution in [0.25, 0.3) is 0 Å². The average Bonchev–Trinajstić information content (AvgIpc) is 0.722. The van der Waals surface area contributed by atoms with Crippen LogP contribution >= 0.6 is 0 Å². The number of rotatable bonds is 0. The largest absolute Gasteiger partial charge is 1.00 e. The van der Waals surface area contributed by atoms with Gasteiger partial charge in [0.25, 0.3) is 0 Å². The minimum absolute atomic E-state index is 0. The van der Waals surface area contributed by atoms with E-state index >= 15 is 0 Å². The van der Waals surface area contributed by atoms with Crippen molar-refractivity contribution >= 4 is 45.1 Å². The van der Waals surface area contributed by atoms with Crippen molar-refractivity contribution in [3.05, 3.63) is 0 Å². The molecule has 0 radical (unpaired) electrons. The number of hydrogen-bond donors (Lipinski definition) is 2. The van der Waals surface area contributed by atoms with Gasteiger partial charge in [0.1, 0.15) is 0 Å². The van der Waals surface area contributed by atoms with Crippen LogP contribution in [0.15, 0.2) is 0 Å². The van der Waals surface area contributed by atoms with Gasteiger partial charge in [-0.15, -0.1) is 0 Å². The molecule has 0 aromatic rings. The SMILES string of the molecule is O=S(=O)(O)O.[AlH3].[AlH3].[H-].[K+]. The molecular formula is H9Al2KO4S. The summed E-state index contributed by atoms with van der Waals surface area (Å²) in [6.07, 6.45) is 0. The van der Waals surface area contributed by atoms with E-state index < -0.39 is 10.4 Å². The molecule has 0 aliphatic heterocycles.